The van der Waals surface area contributed by atoms with Crippen molar-refractivity contribution >= 4 is 21.6 Å². The van der Waals surface area contributed by atoms with E-state index >= 15 is 0 Å². The third-order valence-corrected chi connectivity index (χ3v) is 4.47. The monoisotopic (exact) mass is 376 g/mol. The first-order chi connectivity index (χ1) is 12.3. The van der Waals surface area contributed by atoms with Crippen LogP contribution in [0.2, 0.25) is 0 Å². The normalized spacial score (nSPS) is 14.4. The van der Waals surface area contributed by atoms with Crippen LogP contribution in [0.1, 0.15) is 28.9 Å². The van der Waals surface area contributed by atoms with Crippen molar-refractivity contribution in [1.82, 2.24) is 5.32 Å². The average Bonchev–Trinajstić information content (AvgIpc) is 2.60. The number of hydrogen-bond donors (Lipinski definition) is 2. The molecule has 0 spiro atoms. The molecule has 1 aliphatic heterocycles. The number of carbonyl (C=O) groups excluding carboxylic acids is 1. The van der Waals surface area contributed by atoms with Gasteiger partial charge in [0, 0.05) is 11.3 Å². The van der Waals surface area contributed by atoms with Gasteiger partial charge in [0.15, 0.2) is 11.5 Å². The number of nitrogens with one attached hydrogen (secondary N) is 2. The van der Waals surface area contributed by atoms with Crippen LogP contribution in [0.4, 0.5) is 5.69 Å². The molecular weight excluding hydrogens is 356 g/mol. The van der Waals surface area contributed by atoms with Gasteiger partial charge < -0.3 is 14.8 Å². The number of sulfonamides is 1. The summed E-state index contributed by atoms with van der Waals surface area (Å²) >= 11 is 0. The Morgan fingerprint density at radius 2 is 1.69 bits per heavy atom. The number of ether oxygens (including phenoxy) is 2. The minimum atomic E-state index is -3.35. The van der Waals surface area contributed by atoms with E-state index in [9.17, 15) is 13.2 Å². The minimum Gasteiger partial charge on any atom is -0.486 e. The Balaban J connectivity index is 1.67. The van der Waals surface area contributed by atoms with Gasteiger partial charge in [0.2, 0.25) is 10.0 Å². The summed E-state index contributed by atoms with van der Waals surface area (Å²) in [6.07, 6.45) is 1.07. The quantitative estimate of drug-likeness (QED) is 0.835. The van der Waals surface area contributed by atoms with Crippen LogP contribution >= 0.6 is 0 Å². The molecule has 8 heteroatoms. The van der Waals surface area contributed by atoms with Crippen molar-refractivity contribution in [2.24, 2.45) is 0 Å². The maximum atomic E-state index is 12.4. The molecule has 2 aromatic rings. The molecule has 7 nitrogen and oxygen atoms in total. The van der Waals surface area contributed by atoms with Crippen LogP contribution in [-0.2, 0) is 10.0 Å². The Morgan fingerprint density at radius 3 is 2.35 bits per heavy atom. The summed E-state index contributed by atoms with van der Waals surface area (Å²) in [5.74, 6) is 1.12. The second kappa shape index (κ2) is 7.25. The number of amides is 1. The highest BCUT2D eigenvalue weighted by molar-refractivity contribution is 7.92. The third-order valence-electron chi connectivity index (χ3n) is 3.86. The van der Waals surface area contributed by atoms with Crippen molar-refractivity contribution in [2.45, 2.75) is 13.0 Å². The van der Waals surface area contributed by atoms with Crippen LogP contribution in [-0.4, -0.2) is 33.8 Å². The highest BCUT2D eigenvalue weighted by Crippen LogP contribution is 2.32. The van der Waals surface area contributed by atoms with Gasteiger partial charge in [0.05, 0.1) is 12.3 Å². The second-order valence-electron chi connectivity index (χ2n) is 6.05. The molecular formula is C18H20N2O5S. The summed E-state index contributed by atoms with van der Waals surface area (Å²) in [4.78, 5) is 12.4. The molecule has 138 valence electrons. The van der Waals surface area contributed by atoms with Gasteiger partial charge in [-0.05, 0) is 48.9 Å². The SMILES string of the molecule is C[C@@H](NC(=O)c1ccc(NS(C)(=O)=O)cc1)c1ccc2c(c1)OCCO2. The molecule has 0 radical (unpaired) electrons. The summed E-state index contributed by atoms with van der Waals surface area (Å²) in [5, 5.41) is 2.91. The van der Waals surface area contributed by atoms with Crippen molar-refractivity contribution < 1.29 is 22.7 Å². The van der Waals surface area contributed by atoms with Gasteiger partial charge in [-0.15, -0.1) is 0 Å². The third kappa shape index (κ3) is 4.45. The van der Waals surface area contributed by atoms with Gasteiger partial charge in [-0.1, -0.05) is 6.07 Å². The Hall–Kier alpha value is -2.74. The molecule has 0 saturated heterocycles. The number of benzene rings is 2. The standard InChI is InChI=1S/C18H20N2O5S/c1-12(14-5-8-16-17(11-14)25-10-9-24-16)19-18(21)13-3-6-15(7-4-13)20-26(2,22)23/h3-8,11-12,20H,9-10H2,1-2H3,(H,19,21)/t12-/m1/s1. The molecule has 3 rings (SSSR count). The van der Waals surface area contributed by atoms with Gasteiger partial charge in [-0.2, -0.15) is 0 Å². The molecule has 0 saturated carbocycles. The largest absolute Gasteiger partial charge is 0.486 e. The van der Waals surface area contributed by atoms with Crippen LogP contribution < -0.4 is 19.5 Å². The van der Waals surface area contributed by atoms with Crippen LogP contribution in [0.5, 0.6) is 11.5 Å². The van der Waals surface area contributed by atoms with E-state index in [1.165, 1.54) is 0 Å². The molecule has 1 heterocycles. The molecule has 0 fully saturated rings. The number of rotatable bonds is 5. The minimum absolute atomic E-state index is 0.229. The smallest absolute Gasteiger partial charge is 0.251 e. The van der Waals surface area contributed by atoms with Crippen molar-refractivity contribution in [1.29, 1.82) is 0 Å². The van der Waals surface area contributed by atoms with E-state index in [0.29, 0.717) is 36.0 Å². The van der Waals surface area contributed by atoms with Gasteiger partial charge in [-0.25, -0.2) is 8.42 Å². The van der Waals surface area contributed by atoms with Crippen LogP contribution in [0.25, 0.3) is 0 Å². The fraction of sp³-hybridized carbons (Fsp3) is 0.278. The molecule has 0 aliphatic carbocycles. The summed E-state index contributed by atoms with van der Waals surface area (Å²) in [6.45, 7) is 2.91. The van der Waals surface area contributed by atoms with E-state index in [1.54, 1.807) is 24.3 Å². The number of carbonyl (C=O) groups is 1. The van der Waals surface area contributed by atoms with E-state index in [1.807, 2.05) is 25.1 Å². The molecule has 26 heavy (non-hydrogen) atoms. The summed E-state index contributed by atoms with van der Waals surface area (Å²) in [5.41, 5.74) is 1.75. The van der Waals surface area contributed by atoms with Crippen molar-refractivity contribution in [2.75, 3.05) is 24.2 Å². The van der Waals surface area contributed by atoms with E-state index < -0.39 is 10.0 Å². The van der Waals surface area contributed by atoms with Crippen LogP contribution in [0.3, 0.4) is 0 Å². The number of fused-ring (bicyclic) bond motifs is 1. The fourth-order valence-electron chi connectivity index (χ4n) is 2.60. The maximum Gasteiger partial charge on any atom is 0.251 e. The van der Waals surface area contributed by atoms with Gasteiger partial charge in [0.25, 0.3) is 5.91 Å². The van der Waals surface area contributed by atoms with E-state index in [-0.39, 0.29) is 11.9 Å². The van der Waals surface area contributed by atoms with E-state index in [4.69, 9.17) is 9.47 Å². The van der Waals surface area contributed by atoms with Crippen LogP contribution in [0, 0.1) is 0 Å². The van der Waals surface area contributed by atoms with Gasteiger partial charge >= 0.3 is 0 Å². The Bertz CT molecular complexity index is 910. The Labute approximate surface area is 152 Å². The first kappa shape index (κ1) is 18.1. The van der Waals surface area contributed by atoms with Gasteiger partial charge in [-0.3, -0.25) is 9.52 Å². The predicted molar refractivity (Wildman–Crippen MR) is 98.2 cm³/mol. The zero-order valence-corrected chi connectivity index (χ0v) is 15.3. The molecule has 2 N–H and O–H groups in total. The zero-order valence-electron chi connectivity index (χ0n) is 14.5. The Kier molecular flexibility index (Phi) is 5.03. The number of anilines is 1. The second-order valence-corrected chi connectivity index (χ2v) is 7.80. The van der Waals surface area contributed by atoms with Crippen LogP contribution in [0.15, 0.2) is 42.5 Å². The van der Waals surface area contributed by atoms with Crippen molar-refractivity contribution in [3.63, 3.8) is 0 Å². The molecule has 1 aliphatic rings. The molecule has 1 atom stereocenters. The van der Waals surface area contributed by atoms with E-state index in [0.717, 1.165) is 11.8 Å². The van der Waals surface area contributed by atoms with E-state index in [2.05, 4.69) is 10.0 Å². The maximum absolute atomic E-state index is 12.4. The summed E-state index contributed by atoms with van der Waals surface area (Å²) in [6, 6.07) is 11.6. The highest BCUT2D eigenvalue weighted by Gasteiger charge is 2.16. The summed E-state index contributed by atoms with van der Waals surface area (Å²) < 4.78 is 35.8. The zero-order chi connectivity index (χ0) is 18.7. The van der Waals surface area contributed by atoms with Gasteiger partial charge in [0.1, 0.15) is 13.2 Å². The molecule has 2 aromatic carbocycles. The lowest BCUT2D eigenvalue weighted by Crippen LogP contribution is -2.26. The molecule has 1 amide bonds. The molecule has 0 unspecified atom stereocenters. The first-order valence-corrected chi connectivity index (χ1v) is 9.99. The topological polar surface area (TPSA) is 93.7 Å². The first-order valence-electron chi connectivity index (χ1n) is 8.10. The predicted octanol–water partition coefficient (Wildman–Crippen LogP) is 2.32. The lowest BCUT2D eigenvalue weighted by atomic mass is 10.1. The molecule has 0 bridgehead atoms. The summed E-state index contributed by atoms with van der Waals surface area (Å²) in [7, 11) is -3.35. The van der Waals surface area contributed by atoms with Crippen molar-refractivity contribution in [3.05, 3.63) is 53.6 Å². The molecule has 0 aromatic heterocycles. The lowest BCUT2D eigenvalue weighted by Gasteiger charge is -2.21. The number of hydrogen-bond acceptors (Lipinski definition) is 5. The lowest BCUT2D eigenvalue weighted by molar-refractivity contribution is 0.0939. The average molecular weight is 376 g/mol. The Morgan fingerprint density at radius 1 is 1.04 bits per heavy atom. The van der Waals surface area contributed by atoms with Crippen molar-refractivity contribution in [3.8, 4) is 11.5 Å². The highest BCUT2D eigenvalue weighted by atomic mass is 32.2. The fourth-order valence-corrected chi connectivity index (χ4v) is 3.16.